The van der Waals surface area contributed by atoms with Crippen molar-refractivity contribution in [3.8, 4) is 0 Å². The van der Waals surface area contributed by atoms with Gasteiger partial charge in [0.25, 0.3) is 0 Å². The number of halogens is 3. The highest BCUT2D eigenvalue weighted by molar-refractivity contribution is 6.22. The molecule has 0 atom stereocenters. The maximum Gasteiger partial charge on any atom is 0.416 e. The fraction of sp³-hybridized carbons (Fsp3) is 0.0909. The lowest BCUT2D eigenvalue weighted by Crippen LogP contribution is -2.17. The molecule has 4 nitrogen and oxygen atoms in total. The van der Waals surface area contributed by atoms with Gasteiger partial charge < -0.3 is 11.5 Å². The van der Waals surface area contributed by atoms with Crippen LogP contribution in [0.5, 0.6) is 0 Å². The first-order valence-corrected chi connectivity index (χ1v) is 4.70. The summed E-state index contributed by atoms with van der Waals surface area (Å²) in [6.07, 6.45) is -3.70. The topological polar surface area (TPSA) is 86.2 Å². The summed E-state index contributed by atoms with van der Waals surface area (Å²) in [5, 5.41) is 0. The molecule has 18 heavy (non-hydrogen) atoms. The number of carbonyl (C=O) groups is 2. The second-order valence-electron chi connectivity index (χ2n) is 3.40. The summed E-state index contributed by atoms with van der Waals surface area (Å²) < 4.78 is 36.9. The van der Waals surface area contributed by atoms with Gasteiger partial charge in [-0.2, -0.15) is 13.2 Å². The Morgan fingerprint density at radius 3 is 1.89 bits per heavy atom. The SMILES string of the molecule is NC(=O)/C=C(\C(N)=O)c1ccc(C(F)(F)F)cc1. The van der Waals surface area contributed by atoms with E-state index in [1.807, 2.05) is 0 Å². The quantitative estimate of drug-likeness (QED) is 0.794. The van der Waals surface area contributed by atoms with Crippen LogP contribution in [0.15, 0.2) is 30.3 Å². The molecule has 0 bridgehead atoms. The Balaban J connectivity index is 3.18. The summed E-state index contributed by atoms with van der Waals surface area (Å²) in [7, 11) is 0. The van der Waals surface area contributed by atoms with Crippen molar-refractivity contribution in [2.24, 2.45) is 11.5 Å². The molecule has 0 unspecified atom stereocenters. The van der Waals surface area contributed by atoms with Crippen LogP contribution in [0.3, 0.4) is 0 Å². The van der Waals surface area contributed by atoms with Crippen LogP contribution in [-0.2, 0) is 15.8 Å². The van der Waals surface area contributed by atoms with Crippen LogP contribution in [0.1, 0.15) is 11.1 Å². The lowest BCUT2D eigenvalue weighted by molar-refractivity contribution is -0.137. The molecule has 1 aromatic rings. The zero-order chi connectivity index (χ0) is 13.9. The van der Waals surface area contributed by atoms with Gasteiger partial charge in [0.05, 0.1) is 11.1 Å². The molecule has 0 spiro atoms. The van der Waals surface area contributed by atoms with E-state index in [0.29, 0.717) is 0 Å². The molecule has 0 aromatic heterocycles. The normalized spacial score (nSPS) is 12.3. The van der Waals surface area contributed by atoms with E-state index in [-0.39, 0.29) is 11.1 Å². The molecule has 2 amide bonds. The van der Waals surface area contributed by atoms with E-state index in [4.69, 9.17) is 11.5 Å². The molecule has 0 aliphatic carbocycles. The fourth-order valence-electron chi connectivity index (χ4n) is 1.28. The molecule has 7 heteroatoms. The van der Waals surface area contributed by atoms with Crippen LogP contribution in [0.2, 0.25) is 0 Å². The number of nitrogens with two attached hydrogens (primary N) is 2. The standard InChI is InChI=1S/C11H9F3N2O2/c12-11(13,14)7-3-1-6(2-4-7)8(10(16)18)5-9(15)17/h1-5H,(H2,15,17)(H2,16,18)/b8-5-. The van der Waals surface area contributed by atoms with Gasteiger partial charge in [-0.25, -0.2) is 0 Å². The molecule has 1 aromatic carbocycles. The molecular weight excluding hydrogens is 249 g/mol. The molecule has 0 aliphatic heterocycles. The van der Waals surface area contributed by atoms with Gasteiger partial charge in [0.1, 0.15) is 0 Å². The number of rotatable bonds is 3. The third-order valence-corrected chi connectivity index (χ3v) is 2.08. The highest BCUT2D eigenvalue weighted by Crippen LogP contribution is 2.29. The first-order chi connectivity index (χ1) is 8.21. The van der Waals surface area contributed by atoms with Gasteiger partial charge in [0.2, 0.25) is 11.8 Å². The number of hydrogen-bond donors (Lipinski definition) is 2. The third-order valence-electron chi connectivity index (χ3n) is 2.08. The van der Waals surface area contributed by atoms with E-state index in [9.17, 15) is 22.8 Å². The zero-order valence-corrected chi connectivity index (χ0v) is 8.99. The summed E-state index contributed by atoms with van der Waals surface area (Å²) in [6.45, 7) is 0. The maximum atomic E-state index is 12.3. The Morgan fingerprint density at radius 1 is 1.06 bits per heavy atom. The van der Waals surface area contributed by atoms with Crippen LogP contribution in [0.25, 0.3) is 5.57 Å². The van der Waals surface area contributed by atoms with Crippen LogP contribution in [0.4, 0.5) is 13.2 Å². The van der Waals surface area contributed by atoms with E-state index in [1.54, 1.807) is 0 Å². The predicted molar refractivity (Wildman–Crippen MR) is 57.8 cm³/mol. The summed E-state index contributed by atoms with van der Waals surface area (Å²) >= 11 is 0. The highest BCUT2D eigenvalue weighted by atomic mass is 19.4. The van der Waals surface area contributed by atoms with Gasteiger partial charge in [-0.05, 0) is 17.7 Å². The number of carbonyl (C=O) groups excluding carboxylic acids is 2. The third kappa shape index (κ3) is 3.34. The molecule has 0 saturated carbocycles. The predicted octanol–water partition coefficient (Wildman–Crippen LogP) is 1.06. The van der Waals surface area contributed by atoms with Crippen molar-refractivity contribution in [3.05, 3.63) is 41.5 Å². The minimum absolute atomic E-state index is 0.0919. The molecule has 4 N–H and O–H groups in total. The van der Waals surface area contributed by atoms with E-state index < -0.39 is 23.6 Å². The lowest BCUT2D eigenvalue weighted by atomic mass is 10.0. The molecular formula is C11H9F3N2O2. The summed E-state index contributed by atoms with van der Waals surface area (Å²) in [5.74, 6) is -1.86. The van der Waals surface area contributed by atoms with Gasteiger partial charge in [0.15, 0.2) is 0 Å². The van der Waals surface area contributed by atoms with Crippen molar-refractivity contribution in [2.45, 2.75) is 6.18 Å². The summed E-state index contributed by atoms with van der Waals surface area (Å²) in [6, 6.07) is 3.66. The van der Waals surface area contributed by atoms with Crippen molar-refractivity contribution >= 4 is 17.4 Å². The molecule has 1 rings (SSSR count). The molecule has 96 valence electrons. The average molecular weight is 258 g/mol. The number of amides is 2. The van der Waals surface area contributed by atoms with Crippen molar-refractivity contribution in [3.63, 3.8) is 0 Å². The van der Waals surface area contributed by atoms with E-state index in [0.717, 1.165) is 30.3 Å². The van der Waals surface area contributed by atoms with Crippen LogP contribution in [0, 0.1) is 0 Å². The molecule has 0 saturated heterocycles. The minimum Gasteiger partial charge on any atom is -0.366 e. The second kappa shape index (κ2) is 4.91. The number of hydrogen-bond acceptors (Lipinski definition) is 2. The van der Waals surface area contributed by atoms with Crippen LogP contribution >= 0.6 is 0 Å². The zero-order valence-electron chi connectivity index (χ0n) is 8.99. The van der Waals surface area contributed by atoms with Gasteiger partial charge >= 0.3 is 6.18 Å². The van der Waals surface area contributed by atoms with Crippen LogP contribution in [-0.4, -0.2) is 11.8 Å². The maximum absolute atomic E-state index is 12.3. The summed E-state index contributed by atoms with van der Waals surface area (Å²) in [4.78, 5) is 21.7. The van der Waals surface area contributed by atoms with E-state index in [2.05, 4.69) is 0 Å². The Labute approximate surface area is 100 Å². The largest absolute Gasteiger partial charge is 0.416 e. The fourth-order valence-corrected chi connectivity index (χ4v) is 1.28. The first kappa shape index (κ1) is 13.8. The Kier molecular flexibility index (Phi) is 3.75. The monoisotopic (exact) mass is 258 g/mol. The van der Waals surface area contributed by atoms with Gasteiger partial charge in [-0.3, -0.25) is 9.59 Å². The van der Waals surface area contributed by atoms with E-state index >= 15 is 0 Å². The highest BCUT2D eigenvalue weighted by Gasteiger charge is 2.30. The Hall–Kier alpha value is -2.31. The second-order valence-corrected chi connectivity index (χ2v) is 3.40. The molecule has 0 radical (unpaired) electrons. The molecule has 0 aliphatic rings. The Bertz CT molecular complexity index is 504. The molecule has 0 heterocycles. The summed E-state index contributed by atoms with van der Waals surface area (Å²) in [5.41, 5.74) is 8.85. The Morgan fingerprint density at radius 2 is 1.56 bits per heavy atom. The van der Waals surface area contributed by atoms with Gasteiger partial charge in [-0.15, -0.1) is 0 Å². The van der Waals surface area contributed by atoms with Gasteiger partial charge in [-0.1, -0.05) is 12.1 Å². The van der Waals surface area contributed by atoms with Crippen molar-refractivity contribution < 1.29 is 22.8 Å². The first-order valence-electron chi connectivity index (χ1n) is 4.70. The number of benzene rings is 1. The van der Waals surface area contributed by atoms with Crippen molar-refractivity contribution in [1.29, 1.82) is 0 Å². The smallest absolute Gasteiger partial charge is 0.366 e. The number of alkyl halides is 3. The van der Waals surface area contributed by atoms with Crippen molar-refractivity contribution in [1.82, 2.24) is 0 Å². The van der Waals surface area contributed by atoms with E-state index in [1.165, 1.54) is 0 Å². The van der Waals surface area contributed by atoms with Crippen LogP contribution < -0.4 is 11.5 Å². The lowest BCUT2D eigenvalue weighted by Gasteiger charge is -2.08. The number of primary amides is 2. The van der Waals surface area contributed by atoms with Crippen molar-refractivity contribution in [2.75, 3.05) is 0 Å². The minimum atomic E-state index is -4.47. The average Bonchev–Trinajstić information content (AvgIpc) is 2.24. The van der Waals surface area contributed by atoms with Gasteiger partial charge in [0, 0.05) is 6.08 Å². The molecule has 0 fully saturated rings.